The molecule has 3 heteroatoms. The van der Waals surface area contributed by atoms with E-state index in [0.29, 0.717) is 5.54 Å². The largest absolute Gasteiger partial charge is 0.385 e. The SMILES string of the molecule is CNC1(C)CCN(CCCCOC)CC1. The topological polar surface area (TPSA) is 24.5 Å². The van der Waals surface area contributed by atoms with Gasteiger partial charge in [0.15, 0.2) is 0 Å². The molecule has 3 nitrogen and oxygen atoms in total. The number of methoxy groups -OCH3 is 1. The quantitative estimate of drug-likeness (QED) is 0.678. The molecule has 0 aliphatic carbocycles. The van der Waals surface area contributed by atoms with E-state index in [-0.39, 0.29) is 0 Å². The average Bonchev–Trinajstić information content (AvgIpc) is 2.27. The second kappa shape index (κ2) is 6.46. The number of rotatable bonds is 6. The third-order valence-corrected chi connectivity index (χ3v) is 3.64. The van der Waals surface area contributed by atoms with Crippen LogP contribution >= 0.6 is 0 Å². The van der Waals surface area contributed by atoms with E-state index in [1.807, 2.05) is 0 Å². The van der Waals surface area contributed by atoms with Gasteiger partial charge >= 0.3 is 0 Å². The van der Waals surface area contributed by atoms with Gasteiger partial charge in [-0.15, -0.1) is 0 Å². The fourth-order valence-corrected chi connectivity index (χ4v) is 2.10. The lowest BCUT2D eigenvalue weighted by Gasteiger charge is -2.39. The Labute approximate surface area is 94.2 Å². The molecule has 1 saturated heterocycles. The molecule has 0 radical (unpaired) electrons. The Bertz CT molecular complexity index is 165. The van der Waals surface area contributed by atoms with Crippen LogP contribution in [0.2, 0.25) is 0 Å². The molecule has 1 N–H and O–H groups in total. The second-order valence-electron chi connectivity index (χ2n) is 4.85. The first-order valence-electron chi connectivity index (χ1n) is 6.10. The maximum Gasteiger partial charge on any atom is 0.0462 e. The van der Waals surface area contributed by atoms with Crippen molar-refractivity contribution in [2.75, 3.05) is 40.4 Å². The Morgan fingerprint density at radius 1 is 1.27 bits per heavy atom. The van der Waals surface area contributed by atoms with Gasteiger partial charge in [-0.1, -0.05) is 0 Å². The van der Waals surface area contributed by atoms with Crippen molar-refractivity contribution in [2.45, 2.75) is 38.1 Å². The van der Waals surface area contributed by atoms with Crippen molar-refractivity contribution < 1.29 is 4.74 Å². The molecule has 1 aliphatic rings. The summed E-state index contributed by atoms with van der Waals surface area (Å²) in [7, 11) is 3.85. The number of hydrogen-bond acceptors (Lipinski definition) is 3. The van der Waals surface area contributed by atoms with E-state index in [4.69, 9.17) is 4.74 Å². The van der Waals surface area contributed by atoms with Gasteiger partial charge in [0.2, 0.25) is 0 Å². The van der Waals surface area contributed by atoms with E-state index in [9.17, 15) is 0 Å². The molecule has 0 aromatic rings. The van der Waals surface area contributed by atoms with Crippen LogP contribution in [-0.4, -0.2) is 50.8 Å². The van der Waals surface area contributed by atoms with E-state index in [1.165, 1.54) is 45.3 Å². The van der Waals surface area contributed by atoms with Crippen molar-refractivity contribution in [3.8, 4) is 0 Å². The van der Waals surface area contributed by atoms with E-state index in [2.05, 4.69) is 24.2 Å². The van der Waals surface area contributed by atoms with Crippen molar-refractivity contribution in [2.24, 2.45) is 0 Å². The molecule has 0 aromatic carbocycles. The lowest BCUT2D eigenvalue weighted by molar-refractivity contribution is 0.142. The molecular weight excluding hydrogens is 188 g/mol. The molecule has 15 heavy (non-hydrogen) atoms. The Balaban J connectivity index is 2.09. The second-order valence-corrected chi connectivity index (χ2v) is 4.85. The highest BCUT2D eigenvalue weighted by atomic mass is 16.5. The summed E-state index contributed by atoms with van der Waals surface area (Å²) in [4.78, 5) is 2.58. The fraction of sp³-hybridized carbons (Fsp3) is 1.00. The van der Waals surface area contributed by atoms with Gasteiger partial charge in [0.05, 0.1) is 0 Å². The Kier molecular flexibility index (Phi) is 5.58. The predicted octanol–water partition coefficient (Wildman–Crippen LogP) is 1.49. The summed E-state index contributed by atoms with van der Waals surface area (Å²) < 4.78 is 5.05. The van der Waals surface area contributed by atoms with Crippen LogP contribution in [0.5, 0.6) is 0 Å². The molecule has 0 bridgehead atoms. The molecule has 0 unspecified atom stereocenters. The van der Waals surface area contributed by atoms with Crippen LogP contribution in [0.15, 0.2) is 0 Å². The zero-order valence-electron chi connectivity index (χ0n) is 10.5. The maximum atomic E-state index is 5.05. The van der Waals surface area contributed by atoms with Crippen LogP contribution in [0.4, 0.5) is 0 Å². The van der Waals surface area contributed by atoms with Gasteiger partial charge in [-0.05, 0) is 59.3 Å². The van der Waals surface area contributed by atoms with Gasteiger partial charge in [-0.2, -0.15) is 0 Å². The minimum atomic E-state index is 0.378. The predicted molar refractivity (Wildman–Crippen MR) is 64.2 cm³/mol. The first kappa shape index (κ1) is 12.9. The smallest absolute Gasteiger partial charge is 0.0462 e. The Morgan fingerprint density at radius 2 is 1.93 bits per heavy atom. The third kappa shape index (κ3) is 4.49. The third-order valence-electron chi connectivity index (χ3n) is 3.64. The van der Waals surface area contributed by atoms with E-state index in [1.54, 1.807) is 7.11 Å². The highest BCUT2D eigenvalue weighted by Gasteiger charge is 2.27. The van der Waals surface area contributed by atoms with Crippen LogP contribution in [0.1, 0.15) is 32.6 Å². The number of nitrogens with zero attached hydrogens (tertiary/aromatic N) is 1. The highest BCUT2D eigenvalue weighted by Crippen LogP contribution is 2.21. The zero-order valence-corrected chi connectivity index (χ0v) is 10.5. The summed E-state index contributed by atoms with van der Waals surface area (Å²) >= 11 is 0. The van der Waals surface area contributed by atoms with Gasteiger partial charge in [0.25, 0.3) is 0 Å². The number of ether oxygens (including phenoxy) is 1. The molecule has 1 fully saturated rings. The Hall–Kier alpha value is -0.120. The monoisotopic (exact) mass is 214 g/mol. The van der Waals surface area contributed by atoms with Crippen molar-refractivity contribution in [3.05, 3.63) is 0 Å². The summed E-state index contributed by atoms with van der Waals surface area (Å²) in [5, 5.41) is 3.43. The minimum absolute atomic E-state index is 0.378. The van der Waals surface area contributed by atoms with Crippen molar-refractivity contribution in [3.63, 3.8) is 0 Å². The summed E-state index contributed by atoms with van der Waals surface area (Å²) in [6, 6.07) is 0. The van der Waals surface area contributed by atoms with Gasteiger partial charge in [0, 0.05) is 19.3 Å². The first-order chi connectivity index (χ1) is 7.20. The lowest BCUT2D eigenvalue weighted by Crippen LogP contribution is -2.50. The van der Waals surface area contributed by atoms with Crippen LogP contribution in [0.25, 0.3) is 0 Å². The number of piperidine rings is 1. The molecule has 0 spiro atoms. The molecule has 0 aromatic heterocycles. The number of hydrogen-bond donors (Lipinski definition) is 1. The van der Waals surface area contributed by atoms with E-state index < -0.39 is 0 Å². The maximum absolute atomic E-state index is 5.05. The molecule has 90 valence electrons. The van der Waals surface area contributed by atoms with Crippen molar-refractivity contribution in [1.82, 2.24) is 10.2 Å². The standard InChI is InChI=1S/C12H26N2O/c1-12(13-2)6-9-14(10-7-12)8-4-5-11-15-3/h13H,4-11H2,1-3H3. The first-order valence-corrected chi connectivity index (χ1v) is 6.10. The Morgan fingerprint density at radius 3 is 2.47 bits per heavy atom. The van der Waals surface area contributed by atoms with Crippen molar-refractivity contribution in [1.29, 1.82) is 0 Å². The normalized spacial score (nSPS) is 21.8. The fourth-order valence-electron chi connectivity index (χ4n) is 2.10. The number of likely N-dealkylation sites (tertiary alicyclic amines) is 1. The van der Waals surface area contributed by atoms with Crippen LogP contribution in [0.3, 0.4) is 0 Å². The molecule has 1 aliphatic heterocycles. The van der Waals surface area contributed by atoms with E-state index >= 15 is 0 Å². The van der Waals surface area contributed by atoms with Gasteiger partial charge in [-0.25, -0.2) is 0 Å². The summed E-state index contributed by atoms with van der Waals surface area (Å²) in [5.41, 5.74) is 0.378. The van der Waals surface area contributed by atoms with Crippen LogP contribution < -0.4 is 5.32 Å². The summed E-state index contributed by atoms with van der Waals surface area (Å²) in [6.45, 7) is 6.95. The highest BCUT2D eigenvalue weighted by molar-refractivity contribution is 4.87. The minimum Gasteiger partial charge on any atom is -0.385 e. The molecule has 0 saturated carbocycles. The molecule has 0 atom stereocenters. The van der Waals surface area contributed by atoms with Crippen LogP contribution in [-0.2, 0) is 4.74 Å². The summed E-state index contributed by atoms with van der Waals surface area (Å²) in [5.74, 6) is 0. The van der Waals surface area contributed by atoms with Gasteiger partial charge in [0.1, 0.15) is 0 Å². The van der Waals surface area contributed by atoms with E-state index in [0.717, 1.165) is 6.61 Å². The average molecular weight is 214 g/mol. The van der Waals surface area contributed by atoms with Gasteiger partial charge in [-0.3, -0.25) is 0 Å². The number of unbranched alkanes of at least 4 members (excludes halogenated alkanes) is 1. The molecular formula is C12H26N2O. The molecule has 1 heterocycles. The zero-order chi connectivity index (χ0) is 11.1. The van der Waals surface area contributed by atoms with Gasteiger partial charge < -0.3 is 15.0 Å². The number of nitrogens with one attached hydrogen (secondary N) is 1. The van der Waals surface area contributed by atoms with Crippen LogP contribution in [0, 0.1) is 0 Å². The molecule has 0 amide bonds. The molecule has 1 rings (SSSR count). The lowest BCUT2D eigenvalue weighted by atomic mass is 9.90. The summed E-state index contributed by atoms with van der Waals surface area (Å²) in [6.07, 6.45) is 5.00. The van der Waals surface area contributed by atoms with Crippen molar-refractivity contribution >= 4 is 0 Å².